The number of carboxylic acid groups (broad SMARTS) is 1. The van der Waals surface area contributed by atoms with Crippen molar-refractivity contribution in [1.29, 1.82) is 0 Å². The smallest absolute Gasteiger partial charge is 0.312 e. The summed E-state index contributed by atoms with van der Waals surface area (Å²) in [6.07, 6.45) is 3.43. The van der Waals surface area contributed by atoms with Gasteiger partial charge >= 0.3 is 5.97 Å². The number of aliphatic carboxylic acids is 1. The van der Waals surface area contributed by atoms with Crippen LogP contribution >= 0.6 is 0 Å². The van der Waals surface area contributed by atoms with Crippen molar-refractivity contribution in [3.05, 3.63) is 11.7 Å². The quantitative estimate of drug-likeness (QED) is 0.900. The van der Waals surface area contributed by atoms with Gasteiger partial charge in [-0.15, -0.1) is 0 Å². The van der Waals surface area contributed by atoms with E-state index in [-0.39, 0.29) is 12.3 Å². The fraction of sp³-hybridized carbons (Fsp3) is 0.769. The highest BCUT2D eigenvalue weighted by molar-refractivity contribution is 5.68. The van der Waals surface area contributed by atoms with E-state index >= 15 is 0 Å². The molecular formula is C13H20N2O4. The van der Waals surface area contributed by atoms with Gasteiger partial charge in [-0.25, -0.2) is 0 Å². The first kappa shape index (κ1) is 14.0. The third-order valence-corrected chi connectivity index (χ3v) is 3.98. The molecule has 6 heteroatoms. The zero-order valence-corrected chi connectivity index (χ0v) is 11.6. The predicted octanol–water partition coefficient (Wildman–Crippen LogP) is 2.14. The molecule has 2 rings (SSSR count). The van der Waals surface area contributed by atoms with E-state index in [0.29, 0.717) is 11.2 Å². The van der Waals surface area contributed by atoms with Crippen LogP contribution in [0.1, 0.15) is 51.2 Å². The first-order chi connectivity index (χ1) is 8.87. The van der Waals surface area contributed by atoms with Crippen LogP contribution in [0.15, 0.2) is 4.52 Å². The summed E-state index contributed by atoms with van der Waals surface area (Å²) in [6, 6.07) is 0. The Hall–Kier alpha value is -1.43. The van der Waals surface area contributed by atoms with Crippen molar-refractivity contribution in [3.8, 4) is 0 Å². The van der Waals surface area contributed by atoms with Gasteiger partial charge in [0.25, 0.3) is 0 Å². The SMILES string of the molecule is COC1(c2noc(CC(=O)O)n2)CCC(C)(C)CC1. The lowest BCUT2D eigenvalue weighted by Gasteiger charge is -2.40. The number of carboxylic acids is 1. The number of rotatable bonds is 4. The minimum atomic E-state index is -0.980. The molecule has 0 aliphatic heterocycles. The summed E-state index contributed by atoms with van der Waals surface area (Å²) in [5.74, 6) is -0.378. The normalized spacial score (nSPS) is 21.2. The molecule has 1 aliphatic carbocycles. The number of methoxy groups -OCH3 is 1. The number of hydrogen-bond donors (Lipinski definition) is 1. The summed E-state index contributed by atoms with van der Waals surface area (Å²) in [5, 5.41) is 12.6. The van der Waals surface area contributed by atoms with Crippen molar-refractivity contribution in [1.82, 2.24) is 10.1 Å². The van der Waals surface area contributed by atoms with Crippen molar-refractivity contribution in [3.63, 3.8) is 0 Å². The molecule has 19 heavy (non-hydrogen) atoms. The Morgan fingerprint density at radius 1 is 1.37 bits per heavy atom. The summed E-state index contributed by atoms with van der Waals surface area (Å²) < 4.78 is 10.6. The van der Waals surface area contributed by atoms with Crippen LogP contribution < -0.4 is 0 Å². The second-order valence-electron chi connectivity index (χ2n) is 5.94. The molecule has 0 saturated heterocycles. The molecule has 1 aromatic heterocycles. The molecule has 1 fully saturated rings. The van der Waals surface area contributed by atoms with E-state index < -0.39 is 11.6 Å². The molecule has 6 nitrogen and oxygen atoms in total. The van der Waals surface area contributed by atoms with Gasteiger partial charge in [-0.3, -0.25) is 4.79 Å². The topological polar surface area (TPSA) is 85.5 Å². The van der Waals surface area contributed by atoms with Gasteiger partial charge in [0.05, 0.1) is 0 Å². The van der Waals surface area contributed by atoms with E-state index in [4.69, 9.17) is 14.4 Å². The predicted molar refractivity (Wildman–Crippen MR) is 66.6 cm³/mol. The van der Waals surface area contributed by atoms with Gasteiger partial charge in [-0.2, -0.15) is 4.98 Å². The molecule has 0 bridgehead atoms. The average molecular weight is 268 g/mol. The van der Waals surface area contributed by atoms with E-state index in [0.717, 1.165) is 25.7 Å². The largest absolute Gasteiger partial charge is 0.481 e. The van der Waals surface area contributed by atoms with E-state index in [1.54, 1.807) is 7.11 Å². The van der Waals surface area contributed by atoms with Crippen molar-refractivity contribution in [2.24, 2.45) is 5.41 Å². The second-order valence-corrected chi connectivity index (χ2v) is 5.94. The number of hydrogen-bond acceptors (Lipinski definition) is 5. The van der Waals surface area contributed by atoms with Crippen LogP contribution in [0.5, 0.6) is 0 Å². The van der Waals surface area contributed by atoms with Crippen LogP contribution in [0.4, 0.5) is 0 Å². The molecule has 0 amide bonds. The van der Waals surface area contributed by atoms with Crippen molar-refractivity contribution >= 4 is 5.97 Å². The molecule has 0 spiro atoms. The van der Waals surface area contributed by atoms with Crippen LogP contribution in [0.25, 0.3) is 0 Å². The molecule has 106 valence electrons. The van der Waals surface area contributed by atoms with Crippen LogP contribution in [-0.2, 0) is 21.6 Å². The Morgan fingerprint density at radius 3 is 2.53 bits per heavy atom. The Bertz CT molecular complexity index is 457. The number of carbonyl (C=O) groups is 1. The fourth-order valence-corrected chi connectivity index (χ4v) is 2.49. The Morgan fingerprint density at radius 2 is 2.00 bits per heavy atom. The summed E-state index contributed by atoms with van der Waals surface area (Å²) in [6.45, 7) is 4.47. The molecule has 1 aromatic rings. The second kappa shape index (κ2) is 4.92. The Kier molecular flexibility index (Phi) is 3.62. The average Bonchev–Trinajstić information content (AvgIpc) is 2.78. The molecule has 1 saturated carbocycles. The lowest BCUT2D eigenvalue weighted by molar-refractivity contribution is -0.136. The minimum absolute atomic E-state index is 0.128. The molecular weight excluding hydrogens is 248 g/mol. The van der Waals surface area contributed by atoms with E-state index in [1.165, 1.54) is 0 Å². The monoisotopic (exact) mass is 268 g/mol. The van der Waals surface area contributed by atoms with Crippen LogP contribution in [0.3, 0.4) is 0 Å². The summed E-state index contributed by atoms with van der Waals surface area (Å²) in [7, 11) is 1.64. The maximum absolute atomic E-state index is 10.6. The minimum Gasteiger partial charge on any atom is -0.481 e. The first-order valence-corrected chi connectivity index (χ1v) is 6.47. The zero-order chi connectivity index (χ0) is 14.1. The number of aromatic nitrogens is 2. The summed E-state index contributed by atoms with van der Waals surface area (Å²) in [4.78, 5) is 14.8. The standard InChI is InChI=1S/C13H20N2O4/c1-12(2)4-6-13(18-3,7-5-12)11-14-9(19-15-11)8-10(16)17/h4-8H2,1-3H3,(H,16,17). The molecule has 1 N–H and O–H groups in total. The maximum Gasteiger partial charge on any atom is 0.312 e. The third kappa shape index (κ3) is 2.94. The Balaban J connectivity index is 2.18. The lowest BCUT2D eigenvalue weighted by Crippen LogP contribution is -2.37. The van der Waals surface area contributed by atoms with Crippen LogP contribution in [-0.4, -0.2) is 28.3 Å². The van der Waals surface area contributed by atoms with E-state index in [9.17, 15) is 4.79 Å². The molecule has 0 aromatic carbocycles. The van der Waals surface area contributed by atoms with Crippen molar-refractivity contribution < 1.29 is 19.2 Å². The zero-order valence-electron chi connectivity index (χ0n) is 11.6. The van der Waals surface area contributed by atoms with E-state index in [1.807, 2.05) is 0 Å². The van der Waals surface area contributed by atoms with Gasteiger partial charge in [-0.1, -0.05) is 19.0 Å². The highest BCUT2D eigenvalue weighted by Gasteiger charge is 2.43. The fourth-order valence-electron chi connectivity index (χ4n) is 2.49. The highest BCUT2D eigenvalue weighted by Crippen LogP contribution is 2.46. The third-order valence-electron chi connectivity index (χ3n) is 3.98. The molecule has 0 atom stereocenters. The number of nitrogens with zero attached hydrogens (tertiary/aromatic N) is 2. The van der Waals surface area contributed by atoms with Gasteiger partial charge in [0, 0.05) is 7.11 Å². The molecule has 1 heterocycles. The molecule has 1 aliphatic rings. The van der Waals surface area contributed by atoms with Crippen LogP contribution in [0.2, 0.25) is 0 Å². The lowest BCUT2D eigenvalue weighted by atomic mass is 9.70. The van der Waals surface area contributed by atoms with Gasteiger partial charge < -0.3 is 14.4 Å². The van der Waals surface area contributed by atoms with E-state index in [2.05, 4.69) is 24.0 Å². The first-order valence-electron chi connectivity index (χ1n) is 6.47. The van der Waals surface area contributed by atoms with Gasteiger partial charge in [0.2, 0.25) is 11.7 Å². The van der Waals surface area contributed by atoms with Crippen LogP contribution in [0, 0.1) is 5.41 Å². The van der Waals surface area contributed by atoms with Crippen molar-refractivity contribution in [2.75, 3.05) is 7.11 Å². The maximum atomic E-state index is 10.6. The van der Waals surface area contributed by atoms with Gasteiger partial charge in [0.15, 0.2) is 0 Å². The summed E-state index contributed by atoms with van der Waals surface area (Å²) in [5.41, 5.74) is -0.231. The molecule has 0 unspecified atom stereocenters. The molecule has 0 radical (unpaired) electrons. The Labute approximate surface area is 112 Å². The summed E-state index contributed by atoms with van der Waals surface area (Å²) >= 11 is 0. The van der Waals surface area contributed by atoms with Gasteiger partial charge in [0.1, 0.15) is 12.0 Å². The van der Waals surface area contributed by atoms with Crippen molar-refractivity contribution in [2.45, 2.75) is 51.6 Å². The highest BCUT2D eigenvalue weighted by atomic mass is 16.5. The number of ether oxygens (including phenoxy) is 1. The van der Waals surface area contributed by atoms with Gasteiger partial charge in [-0.05, 0) is 31.1 Å².